The third-order valence-electron chi connectivity index (χ3n) is 3.95. The largest absolute Gasteiger partial charge is 0.502 e. The van der Waals surface area contributed by atoms with Crippen molar-refractivity contribution < 1.29 is 28.2 Å². The molecule has 1 heterocycles. The number of phenolic OH excluding ortho intramolecular Hbond substituents is 1. The number of rotatable bonds is 11. The monoisotopic (exact) mass is 410 g/mol. The maximum atomic E-state index is 13.2. The summed E-state index contributed by atoms with van der Waals surface area (Å²) >= 11 is 0. The van der Waals surface area contributed by atoms with Crippen LogP contribution in [0.1, 0.15) is 19.4 Å². The Morgan fingerprint density at radius 2 is 1.57 bits per heavy atom. The second kappa shape index (κ2) is 10.3. The predicted octanol–water partition coefficient (Wildman–Crippen LogP) is 4.03. The Balaban J connectivity index is 2.47. The molecule has 0 aliphatic heterocycles. The zero-order valence-electron chi connectivity index (χ0n) is 16.6. The van der Waals surface area contributed by atoms with Gasteiger partial charge in [-0.15, -0.1) is 0 Å². The number of ether oxygens (including phenoxy) is 2. The van der Waals surface area contributed by atoms with Gasteiger partial charge in [-0.3, -0.25) is 9.55 Å². The van der Waals surface area contributed by atoms with Crippen LogP contribution in [-0.2, 0) is 20.2 Å². The fourth-order valence-corrected chi connectivity index (χ4v) is 4.42. The summed E-state index contributed by atoms with van der Waals surface area (Å²) in [4.78, 5) is 5.87. The van der Waals surface area contributed by atoms with Crippen LogP contribution in [0, 0.1) is 0 Å². The Bertz CT molecular complexity index is 767. The van der Waals surface area contributed by atoms with Crippen LogP contribution in [0.25, 0.3) is 0 Å². The van der Waals surface area contributed by atoms with Gasteiger partial charge in [-0.2, -0.15) is 0 Å². The number of aromatic nitrogens is 1. The Labute approximate surface area is 165 Å². The number of hydrogen-bond acceptors (Lipinski definition) is 8. The van der Waals surface area contributed by atoms with Crippen LogP contribution in [0.4, 0.5) is 5.69 Å². The maximum absolute atomic E-state index is 13.2. The number of pyridine rings is 1. The number of anilines is 1. The molecule has 1 N–H and O–H groups in total. The molecule has 1 aromatic carbocycles. The van der Waals surface area contributed by atoms with Crippen LogP contribution in [0.15, 0.2) is 36.7 Å². The zero-order valence-corrected chi connectivity index (χ0v) is 17.5. The smallest absolute Gasteiger partial charge is 0.349 e. The van der Waals surface area contributed by atoms with Crippen molar-refractivity contribution in [2.75, 3.05) is 38.6 Å². The first-order valence-electron chi connectivity index (χ1n) is 8.93. The molecule has 1 aromatic heterocycles. The first-order chi connectivity index (χ1) is 13.5. The van der Waals surface area contributed by atoms with Gasteiger partial charge in [0.05, 0.1) is 27.4 Å². The van der Waals surface area contributed by atoms with Crippen LogP contribution in [0.3, 0.4) is 0 Å². The normalized spacial score (nSPS) is 11.3. The van der Waals surface area contributed by atoms with Crippen molar-refractivity contribution >= 4 is 13.3 Å². The molecule has 0 aliphatic rings. The second-order valence-electron chi connectivity index (χ2n) is 5.84. The lowest BCUT2D eigenvalue weighted by Gasteiger charge is -2.29. The second-order valence-corrected chi connectivity index (χ2v) is 7.86. The Morgan fingerprint density at radius 1 is 1.04 bits per heavy atom. The van der Waals surface area contributed by atoms with E-state index in [9.17, 15) is 9.67 Å². The summed E-state index contributed by atoms with van der Waals surface area (Å²) in [6.07, 6.45) is 3.40. The van der Waals surface area contributed by atoms with Crippen molar-refractivity contribution in [1.29, 1.82) is 0 Å². The van der Waals surface area contributed by atoms with Crippen molar-refractivity contribution in [1.82, 2.24) is 4.98 Å². The van der Waals surface area contributed by atoms with Gasteiger partial charge in [-0.25, -0.2) is 0 Å². The minimum absolute atomic E-state index is 0.0219. The van der Waals surface area contributed by atoms with E-state index in [0.29, 0.717) is 12.2 Å². The van der Waals surface area contributed by atoms with Crippen molar-refractivity contribution in [2.24, 2.45) is 0 Å². The molecule has 8 nitrogen and oxygen atoms in total. The Kier molecular flexibility index (Phi) is 8.11. The molecule has 0 unspecified atom stereocenters. The molecule has 0 atom stereocenters. The Hall–Kier alpha value is -2.28. The molecule has 0 fully saturated rings. The predicted molar refractivity (Wildman–Crippen MR) is 107 cm³/mol. The van der Waals surface area contributed by atoms with Gasteiger partial charge >= 0.3 is 7.60 Å². The summed E-state index contributed by atoms with van der Waals surface area (Å²) in [6.45, 7) is 4.49. The number of hydrogen-bond donors (Lipinski definition) is 1. The molecule has 0 amide bonds. The highest BCUT2D eigenvalue weighted by Gasteiger charge is 2.28. The quantitative estimate of drug-likeness (QED) is 0.555. The molecule has 28 heavy (non-hydrogen) atoms. The van der Waals surface area contributed by atoms with E-state index in [1.165, 1.54) is 14.2 Å². The van der Waals surface area contributed by atoms with Gasteiger partial charge in [-0.05, 0) is 31.5 Å². The van der Waals surface area contributed by atoms with E-state index in [0.717, 1.165) is 5.56 Å². The SMILES string of the molecule is CCOP(=O)(CN(Cc1ccncc1)c1cc(OC)c(O)c(OC)c1)OCC. The summed E-state index contributed by atoms with van der Waals surface area (Å²) in [5.41, 5.74) is 1.60. The molecule has 2 aromatic rings. The van der Waals surface area contributed by atoms with E-state index in [4.69, 9.17) is 18.5 Å². The van der Waals surface area contributed by atoms with Gasteiger partial charge in [0.25, 0.3) is 0 Å². The summed E-state index contributed by atoms with van der Waals surface area (Å²) < 4.78 is 34.6. The first-order valence-corrected chi connectivity index (χ1v) is 10.7. The molecule has 0 bridgehead atoms. The van der Waals surface area contributed by atoms with Gasteiger partial charge in [0.1, 0.15) is 6.29 Å². The summed E-state index contributed by atoms with van der Waals surface area (Å²) in [6, 6.07) is 7.05. The number of benzene rings is 1. The number of nitrogens with zero attached hydrogens (tertiary/aromatic N) is 2. The van der Waals surface area contributed by atoms with Crippen molar-refractivity contribution in [3.63, 3.8) is 0 Å². The molecule has 0 saturated carbocycles. The third kappa shape index (κ3) is 5.61. The summed E-state index contributed by atoms with van der Waals surface area (Å²) in [5.74, 6) is 0.392. The molecule has 154 valence electrons. The molecular formula is C19H27N2O6P. The van der Waals surface area contributed by atoms with E-state index in [1.54, 1.807) is 38.4 Å². The minimum atomic E-state index is -3.37. The van der Waals surface area contributed by atoms with Gasteiger partial charge in [0.15, 0.2) is 11.5 Å². The van der Waals surface area contributed by atoms with E-state index in [1.807, 2.05) is 17.0 Å². The van der Waals surface area contributed by atoms with Crippen molar-refractivity contribution in [3.05, 3.63) is 42.2 Å². The van der Waals surface area contributed by atoms with Crippen molar-refractivity contribution in [2.45, 2.75) is 20.4 Å². The van der Waals surface area contributed by atoms with Crippen LogP contribution in [0.5, 0.6) is 17.2 Å². The lowest BCUT2D eigenvalue weighted by atomic mass is 10.2. The average Bonchev–Trinajstić information content (AvgIpc) is 2.69. The fourth-order valence-electron chi connectivity index (χ4n) is 2.72. The van der Waals surface area contributed by atoms with Crippen LogP contribution < -0.4 is 14.4 Å². The molecule has 0 radical (unpaired) electrons. The molecular weight excluding hydrogens is 383 g/mol. The Morgan fingerprint density at radius 3 is 2.04 bits per heavy atom. The van der Waals surface area contributed by atoms with Gasteiger partial charge in [-0.1, -0.05) is 0 Å². The maximum Gasteiger partial charge on any atom is 0.349 e. The average molecular weight is 410 g/mol. The lowest BCUT2D eigenvalue weighted by molar-refractivity contribution is 0.220. The third-order valence-corrected chi connectivity index (χ3v) is 5.94. The van der Waals surface area contributed by atoms with Gasteiger partial charge in [0, 0.05) is 36.8 Å². The number of methoxy groups -OCH3 is 2. The van der Waals surface area contributed by atoms with Gasteiger partial charge in [0.2, 0.25) is 5.75 Å². The molecule has 0 spiro atoms. The number of aromatic hydroxyl groups is 1. The van der Waals surface area contributed by atoms with Crippen LogP contribution >= 0.6 is 7.60 Å². The first kappa shape index (κ1) is 22.0. The zero-order chi connectivity index (χ0) is 20.6. The standard InChI is InChI=1S/C19H27N2O6P/c1-5-26-28(23,27-6-2)14-21(13-15-7-9-20-10-8-15)16-11-17(24-3)19(22)18(12-16)25-4/h7-12,22H,5-6,13-14H2,1-4H3. The van der Waals surface area contributed by atoms with Crippen LogP contribution in [0.2, 0.25) is 0 Å². The van der Waals surface area contributed by atoms with Gasteiger partial charge < -0.3 is 28.5 Å². The lowest BCUT2D eigenvalue weighted by Crippen LogP contribution is -2.25. The van der Waals surface area contributed by atoms with Crippen LogP contribution in [-0.4, -0.2) is 43.8 Å². The topological polar surface area (TPSA) is 90.4 Å². The molecule has 0 aliphatic carbocycles. The van der Waals surface area contributed by atoms with E-state index in [2.05, 4.69) is 4.98 Å². The highest BCUT2D eigenvalue weighted by molar-refractivity contribution is 7.53. The summed E-state index contributed by atoms with van der Waals surface area (Å²) in [5, 5.41) is 10.2. The van der Waals surface area contributed by atoms with Crippen molar-refractivity contribution in [3.8, 4) is 17.2 Å². The molecule has 9 heteroatoms. The van der Waals surface area contributed by atoms with E-state index >= 15 is 0 Å². The highest BCUT2D eigenvalue weighted by Crippen LogP contribution is 2.50. The van der Waals surface area contributed by atoms with E-state index < -0.39 is 7.60 Å². The van der Waals surface area contributed by atoms with E-state index in [-0.39, 0.29) is 36.7 Å². The molecule has 2 rings (SSSR count). The highest BCUT2D eigenvalue weighted by atomic mass is 31.2. The minimum Gasteiger partial charge on any atom is -0.502 e. The summed E-state index contributed by atoms with van der Waals surface area (Å²) in [7, 11) is -0.460. The molecule has 0 saturated heterocycles. The fraction of sp³-hybridized carbons (Fsp3) is 0.421. The number of phenols is 1.